The van der Waals surface area contributed by atoms with Gasteiger partial charge in [-0.2, -0.15) is 0 Å². The summed E-state index contributed by atoms with van der Waals surface area (Å²) in [6, 6.07) is 5.72. The summed E-state index contributed by atoms with van der Waals surface area (Å²) < 4.78 is 5.68. The minimum absolute atomic E-state index is 0.00239. The summed E-state index contributed by atoms with van der Waals surface area (Å²) >= 11 is 0. The van der Waals surface area contributed by atoms with E-state index in [0.29, 0.717) is 6.54 Å². The van der Waals surface area contributed by atoms with Crippen molar-refractivity contribution >= 4 is 11.6 Å². The molecular formula is C16H24N2O2. The highest BCUT2D eigenvalue weighted by Gasteiger charge is 2.20. The first kappa shape index (κ1) is 14.9. The Balaban J connectivity index is 1.82. The number of carbonyl (C=O) groups is 1. The fraction of sp³-hybridized carbons (Fsp3) is 0.562. The van der Waals surface area contributed by atoms with Gasteiger partial charge in [-0.3, -0.25) is 4.79 Å². The maximum atomic E-state index is 11.8. The maximum absolute atomic E-state index is 11.8. The van der Waals surface area contributed by atoms with E-state index in [0.717, 1.165) is 29.5 Å². The lowest BCUT2D eigenvalue weighted by Gasteiger charge is -2.14. The Labute approximate surface area is 120 Å². The molecule has 4 nitrogen and oxygen atoms in total. The second kappa shape index (κ2) is 6.75. The monoisotopic (exact) mass is 276 g/mol. The normalized spacial score (nSPS) is 14.4. The number of benzene rings is 1. The quantitative estimate of drug-likeness (QED) is 0.805. The molecule has 0 radical (unpaired) electrons. The van der Waals surface area contributed by atoms with Crippen LogP contribution in [0.2, 0.25) is 0 Å². The second-order valence-corrected chi connectivity index (χ2v) is 5.77. The molecule has 110 valence electrons. The molecule has 1 aromatic carbocycles. The Kier molecular flexibility index (Phi) is 5.01. The Hall–Kier alpha value is -1.55. The zero-order valence-electron chi connectivity index (χ0n) is 12.5. The van der Waals surface area contributed by atoms with Crippen molar-refractivity contribution < 1.29 is 9.53 Å². The van der Waals surface area contributed by atoms with Gasteiger partial charge in [0.15, 0.2) is 0 Å². The number of rotatable bonds is 7. The SMILES string of the molecule is Cc1cc(NC(=O)CNCC2CC2)ccc1OC(C)C. The predicted octanol–water partition coefficient (Wildman–Crippen LogP) is 2.72. The van der Waals surface area contributed by atoms with Gasteiger partial charge < -0.3 is 15.4 Å². The standard InChI is InChI=1S/C16H24N2O2/c1-11(2)20-15-7-6-14(8-12(15)3)18-16(19)10-17-9-13-4-5-13/h6-8,11,13,17H,4-5,9-10H2,1-3H3,(H,18,19). The van der Waals surface area contributed by atoms with E-state index in [4.69, 9.17) is 4.74 Å². The van der Waals surface area contributed by atoms with Crippen LogP contribution >= 0.6 is 0 Å². The van der Waals surface area contributed by atoms with Gasteiger partial charge in [0.2, 0.25) is 5.91 Å². The summed E-state index contributed by atoms with van der Waals surface area (Å²) in [5.41, 5.74) is 1.85. The van der Waals surface area contributed by atoms with Crippen LogP contribution in [0.15, 0.2) is 18.2 Å². The number of carbonyl (C=O) groups excluding carboxylic acids is 1. The largest absolute Gasteiger partial charge is 0.491 e. The third-order valence-corrected chi connectivity index (χ3v) is 3.24. The van der Waals surface area contributed by atoms with Gasteiger partial charge in [-0.25, -0.2) is 0 Å². The summed E-state index contributed by atoms with van der Waals surface area (Å²) in [7, 11) is 0. The maximum Gasteiger partial charge on any atom is 0.238 e. The van der Waals surface area contributed by atoms with Crippen molar-refractivity contribution in [1.82, 2.24) is 5.32 Å². The molecule has 1 aliphatic carbocycles. The number of anilines is 1. The van der Waals surface area contributed by atoms with Crippen LogP contribution in [-0.2, 0) is 4.79 Å². The third-order valence-electron chi connectivity index (χ3n) is 3.24. The first-order valence-corrected chi connectivity index (χ1v) is 7.32. The summed E-state index contributed by atoms with van der Waals surface area (Å²) in [5.74, 6) is 1.66. The molecule has 1 aromatic rings. The molecule has 4 heteroatoms. The molecule has 0 aliphatic heterocycles. The molecule has 0 aromatic heterocycles. The van der Waals surface area contributed by atoms with Crippen molar-refractivity contribution in [2.75, 3.05) is 18.4 Å². The molecule has 2 N–H and O–H groups in total. The van der Waals surface area contributed by atoms with Gasteiger partial charge in [-0.1, -0.05) is 0 Å². The van der Waals surface area contributed by atoms with E-state index in [-0.39, 0.29) is 12.0 Å². The van der Waals surface area contributed by atoms with E-state index in [2.05, 4.69) is 10.6 Å². The Morgan fingerprint density at radius 2 is 2.15 bits per heavy atom. The smallest absolute Gasteiger partial charge is 0.238 e. The number of ether oxygens (including phenoxy) is 1. The molecule has 0 saturated heterocycles. The van der Waals surface area contributed by atoms with E-state index < -0.39 is 0 Å². The highest BCUT2D eigenvalue weighted by Crippen LogP contribution is 2.27. The van der Waals surface area contributed by atoms with Gasteiger partial charge in [-0.05, 0) is 69.8 Å². The highest BCUT2D eigenvalue weighted by molar-refractivity contribution is 5.92. The van der Waals surface area contributed by atoms with E-state index in [1.807, 2.05) is 39.0 Å². The van der Waals surface area contributed by atoms with Crippen molar-refractivity contribution in [2.45, 2.75) is 39.7 Å². The Morgan fingerprint density at radius 1 is 1.40 bits per heavy atom. The number of amides is 1. The predicted molar refractivity (Wildman–Crippen MR) is 81.2 cm³/mol. The number of hydrogen-bond donors (Lipinski definition) is 2. The van der Waals surface area contributed by atoms with Crippen LogP contribution in [0.1, 0.15) is 32.3 Å². The molecule has 0 atom stereocenters. The van der Waals surface area contributed by atoms with E-state index in [1.165, 1.54) is 12.8 Å². The number of aryl methyl sites for hydroxylation is 1. The second-order valence-electron chi connectivity index (χ2n) is 5.77. The molecule has 0 bridgehead atoms. The van der Waals surface area contributed by atoms with Gasteiger partial charge in [0.25, 0.3) is 0 Å². The molecule has 0 heterocycles. The van der Waals surface area contributed by atoms with Crippen molar-refractivity contribution in [3.8, 4) is 5.75 Å². The molecule has 0 spiro atoms. The average Bonchev–Trinajstić information content (AvgIpc) is 3.16. The summed E-state index contributed by atoms with van der Waals surface area (Å²) in [4.78, 5) is 11.8. The third kappa shape index (κ3) is 4.85. The van der Waals surface area contributed by atoms with Crippen LogP contribution < -0.4 is 15.4 Å². The topological polar surface area (TPSA) is 50.4 Å². The minimum Gasteiger partial charge on any atom is -0.491 e. The van der Waals surface area contributed by atoms with Gasteiger partial charge in [0, 0.05) is 5.69 Å². The minimum atomic E-state index is 0.00239. The molecule has 1 saturated carbocycles. The van der Waals surface area contributed by atoms with Gasteiger partial charge in [0.05, 0.1) is 12.6 Å². The van der Waals surface area contributed by atoms with Crippen LogP contribution in [0.4, 0.5) is 5.69 Å². The van der Waals surface area contributed by atoms with Crippen molar-refractivity contribution in [3.63, 3.8) is 0 Å². The van der Waals surface area contributed by atoms with Crippen LogP contribution in [0.5, 0.6) is 5.75 Å². The summed E-state index contributed by atoms with van der Waals surface area (Å²) in [6.45, 7) is 7.31. The molecule has 0 unspecified atom stereocenters. The van der Waals surface area contributed by atoms with Gasteiger partial charge >= 0.3 is 0 Å². The fourth-order valence-electron chi connectivity index (χ4n) is 2.03. The molecule has 20 heavy (non-hydrogen) atoms. The fourth-order valence-corrected chi connectivity index (χ4v) is 2.03. The van der Waals surface area contributed by atoms with Crippen LogP contribution in [-0.4, -0.2) is 25.1 Å². The van der Waals surface area contributed by atoms with Crippen molar-refractivity contribution in [1.29, 1.82) is 0 Å². The van der Waals surface area contributed by atoms with E-state index in [9.17, 15) is 4.79 Å². The average molecular weight is 276 g/mol. The van der Waals surface area contributed by atoms with Crippen LogP contribution in [0, 0.1) is 12.8 Å². The lowest BCUT2D eigenvalue weighted by molar-refractivity contribution is -0.115. The molecule has 1 amide bonds. The summed E-state index contributed by atoms with van der Waals surface area (Å²) in [5, 5.41) is 6.08. The zero-order chi connectivity index (χ0) is 14.5. The van der Waals surface area contributed by atoms with Crippen molar-refractivity contribution in [2.24, 2.45) is 5.92 Å². The van der Waals surface area contributed by atoms with E-state index >= 15 is 0 Å². The van der Waals surface area contributed by atoms with Crippen LogP contribution in [0.25, 0.3) is 0 Å². The Bertz CT molecular complexity index is 468. The number of nitrogens with one attached hydrogen (secondary N) is 2. The molecular weight excluding hydrogens is 252 g/mol. The van der Waals surface area contributed by atoms with Crippen molar-refractivity contribution in [3.05, 3.63) is 23.8 Å². The van der Waals surface area contributed by atoms with Crippen LogP contribution in [0.3, 0.4) is 0 Å². The van der Waals surface area contributed by atoms with Gasteiger partial charge in [-0.15, -0.1) is 0 Å². The molecule has 1 fully saturated rings. The lowest BCUT2D eigenvalue weighted by atomic mass is 10.2. The zero-order valence-corrected chi connectivity index (χ0v) is 12.5. The molecule has 1 aliphatic rings. The van der Waals surface area contributed by atoms with Gasteiger partial charge in [0.1, 0.15) is 5.75 Å². The molecule has 2 rings (SSSR count). The first-order chi connectivity index (χ1) is 9.54. The summed E-state index contributed by atoms with van der Waals surface area (Å²) in [6.07, 6.45) is 2.75. The lowest BCUT2D eigenvalue weighted by Crippen LogP contribution is -2.29. The first-order valence-electron chi connectivity index (χ1n) is 7.32. The van der Waals surface area contributed by atoms with E-state index in [1.54, 1.807) is 0 Å². The highest BCUT2D eigenvalue weighted by atomic mass is 16.5. The Morgan fingerprint density at radius 3 is 2.75 bits per heavy atom. The number of hydrogen-bond acceptors (Lipinski definition) is 3.